The number of carbonyl (C=O) groups is 2. The Morgan fingerprint density at radius 3 is 2.62 bits per heavy atom. The molecule has 0 saturated carbocycles. The van der Waals surface area contributed by atoms with E-state index < -0.39 is 54.0 Å². The van der Waals surface area contributed by atoms with E-state index in [1.807, 2.05) is 0 Å². The van der Waals surface area contributed by atoms with Crippen molar-refractivity contribution in [1.29, 1.82) is 0 Å². The molecule has 4 atom stereocenters. The summed E-state index contributed by atoms with van der Waals surface area (Å²) in [4.78, 5) is 27.8. The Balaban J connectivity index is 1.68. The average molecular weight is 480 g/mol. The molecule has 0 radical (unpaired) electrons. The minimum absolute atomic E-state index is 0.227. The van der Waals surface area contributed by atoms with Gasteiger partial charge < -0.3 is 23.7 Å². The Kier molecular flexibility index (Phi) is 6.03. The van der Waals surface area contributed by atoms with Gasteiger partial charge in [0.25, 0.3) is 0 Å². The molecular formula is C22H29FN4O7. The van der Waals surface area contributed by atoms with Crippen LogP contribution in [0.15, 0.2) is 18.5 Å². The monoisotopic (exact) mass is 480 g/mol. The van der Waals surface area contributed by atoms with Gasteiger partial charge in [-0.05, 0) is 46.8 Å². The number of aromatic nitrogens is 3. The smallest absolute Gasteiger partial charge is 0.413 e. The Bertz CT molecular complexity index is 1100. The number of fused-ring (bicyclic) bond motifs is 2. The van der Waals surface area contributed by atoms with Crippen molar-refractivity contribution < 1.29 is 37.7 Å². The summed E-state index contributed by atoms with van der Waals surface area (Å²) in [6, 6.07) is 3.42. The zero-order valence-electron chi connectivity index (χ0n) is 20.0. The van der Waals surface area contributed by atoms with E-state index in [1.54, 1.807) is 46.8 Å². The van der Waals surface area contributed by atoms with Crippen LogP contribution in [0.25, 0.3) is 5.52 Å². The molecule has 0 aromatic carbocycles. The molecular weight excluding hydrogens is 451 g/mol. The molecule has 34 heavy (non-hydrogen) atoms. The number of rotatable bonds is 5. The second kappa shape index (κ2) is 8.43. The number of hydrogen-bond acceptors (Lipinski definition) is 9. The SMILES string of the molecule is CC(=O)OC[C@@]1(CF)O[C@@H](c2ccc3c(NC(=O)OC(C)(C)C)ncnn23)[C@@H]2OC(C)(C)O[C@@H]21. The van der Waals surface area contributed by atoms with Crippen molar-refractivity contribution in [2.75, 3.05) is 18.6 Å². The van der Waals surface area contributed by atoms with Crippen LogP contribution in [0.2, 0.25) is 0 Å². The highest BCUT2D eigenvalue weighted by molar-refractivity contribution is 5.88. The van der Waals surface area contributed by atoms with Gasteiger partial charge in [-0.25, -0.2) is 18.7 Å². The van der Waals surface area contributed by atoms with Crippen molar-refractivity contribution in [1.82, 2.24) is 14.6 Å². The fraction of sp³-hybridized carbons (Fsp3) is 0.636. The van der Waals surface area contributed by atoms with Crippen molar-refractivity contribution in [3.63, 3.8) is 0 Å². The van der Waals surface area contributed by atoms with Gasteiger partial charge in [0.15, 0.2) is 17.2 Å². The first-order valence-electron chi connectivity index (χ1n) is 10.9. The molecule has 0 spiro atoms. The summed E-state index contributed by atoms with van der Waals surface area (Å²) >= 11 is 0. The third-order valence-electron chi connectivity index (χ3n) is 5.45. The van der Waals surface area contributed by atoms with Crippen LogP contribution in [-0.2, 0) is 28.5 Å². The highest BCUT2D eigenvalue weighted by Gasteiger charge is 2.64. The largest absolute Gasteiger partial charge is 0.463 e. The summed E-state index contributed by atoms with van der Waals surface area (Å²) in [5, 5.41) is 6.90. The van der Waals surface area contributed by atoms with Gasteiger partial charge in [0.05, 0.1) is 5.69 Å². The van der Waals surface area contributed by atoms with Crippen LogP contribution in [0.5, 0.6) is 0 Å². The highest BCUT2D eigenvalue weighted by atomic mass is 19.1. The number of nitrogens with one attached hydrogen (secondary N) is 1. The Labute approximate surface area is 195 Å². The molecule has 2 aliphatic heterocycles. The summed E-state index contributed by atoms with van der Waals surface area (Å²) in [7, 11) is 0. The zero-order valence-corrected chi connectivity index (χ0v) is 20.0. The van der Waals surface area contributed by atoms with Gasteiger partial charge in [-0.3, -0.25) is 10.1 Å². The second-order valence-electron chi connectivity index (χ2n) is 9.83. The molecule has 2 aromatic rings. The number of carbonyl (C=O) groups excluding carboxylic acids is 2. The fourth-order valence-corrected chi connectivity index (χ4v) is 4.19. The van der Waals surface area contributed by atoms with Crippen LogP contribution in [-0.4, -0.2) is 69.1 Å². The fourth-order valence-electron chi connectivity index (χ4n) is 4.19. The molecule has 0 aliphatic carbocycles. The van der Waals surface area contributed by atoms with Crippen LogP contribution < -0.4 is 5.32 Å². The zero-order chi connectivity index (χ0) is 24.9. The number of anilines is 1. The molecule has 2 saturated heterocycles. The van der Waals surface area contributed by atoms with Crippen molar-refractivity contribution in [3.8, 4) is 0 Å². The van der Waals surface area contributed by atoms with E-state index in [4.69, 9.17) is 23.7 Å². The number of alkyl halides is 1. The molecule has 0 unspecified atom stereocenters. The Morgan fingerprint density at radius 2 is 1.97 bits per heavy atom. The first-order valence-corrected chi connectivity index (χ1v) is 10.9. The third-order valence-corrected chi connectivity index (χ3v) is 5.45. The molecule has 2 aliphatic rings. The summed E-state index contributed by atoms with van der Waals surface area (Å²) in [5.74, 6) is -1.33. The van der Waals surface area contributed by atoms with Gasteiger partial charge >= 0.3 is 12.1 Å². The predicted molar refractivity (Wildman–Crippen MR) is 116 cm³/mol. The molecule has 0 bridgehead atoms. The normalized spacial score (nSPS) is 28.0. The van der Waals surface area contributed by atoms with Crippen LogP contribution >= 0.6 is 0 Å². The number of ether oxygens (including phenoxy) is 5. The van der Waals surface area contributed by atoms with Gasteiger partial charge in [-0.2, -0.15) is 5.10 Å². The van der Waals surface area contributed by atoms with E-state index in [0.717, 1.165) is 0 Å². The van der Waals surface area contributed by atoms with Gasteiger partial charge in [0, 0.05) is 6.92 Å². The molecule has 4 heterocycles. The van der Waals surface area contributed by atoms with Crippen molar-refractivity contribution >= 4 is 23.4 Å². The maximum absolute atomic E-state index is 14.4. The lowest BCUT2D eigenvalue weighted by atomic mass is 9.96. The second-order valence-corrected chi connectivity index (χ2v) is 9.83. The summed E-state index contributed by atoms with van der Waals surface area (Å²) in [6.45, 7) is 8.65. The Hall–Kier alpha value is -2.83. The molecule has 4 rings (SSSR count). The number of amides is 1. The molecule has 186 valence electrons. The van der Waals surface area contributed by atoms with Crippen molar-refractivity contribution in [3.05, 3.63) is 24.2 Å². The first kappa shape index (κ1) is 24.3. The van der Waals surface area contributed by atoms with Crippen molar-refractivity contribution in [2.45, 2.75) is 76.8 Å². The van der Waals surface area contributed by atoms with Crippen molar-refractivity contribution in [2.24, 2.45) is 0 Å². The van der Waals surface area contributed by atoms with Crippen LogP contribution in [0.1, 0.15) is 53.3 Å². The summed E-state index contributed by atoms with van der Waals surface area (Å²) in [5.41, 5.74) is -1.24. The van der Waals surface area contributed by atoms with Gasteiger partial charge in [0.1, 0.15) is 49.0 Å². The number of esters is 1. The topological polar surface area (TPSA) is 123 Å². The summed E-state index contributed by atoms with van der Waals surface area (Å²) in [6.07, 6.45) is -1.72. The quantitative estimate of drug-likeness (QED) is 0.644. The molecule has 1 amide bonds. The molecule has 2 aromatic heterocycles. The number of nitrogens with zero attached hydrogens (tertiary/aromatic N) is 3. The van der Waals surface area contributed by atoms with Gasteiger partial charge in [-0.15, -0.1) is 0 Å². The maximum atomic E-state index is 14.4. The molecule has 12 heteroatoms. The molecule has 2 fully saturated rings. The lowest BCUT2D eigenvalue weighted by Crippen LogP contribution is -2.49. The Morgan fingerprint density at radius 1 is 1.24 bits per heavy atom. The minimum atomic E-state index is -1.55. The molecule has 1 N–H and O–H groups in total. The van der Waals surface area contributed by atoms with E-state index in [-0.39, 0.29) is 12.4 Å². The van der Waals surface area contributed by atoms with Crippen LogP contribution in [0.3, 0.4) is 0 Å². The number of halogens is 1. The van der Waals surface area contributed by atoms with Gasteiger partial charge in [-0.1, -0.05) is 0 Å². The van der Waals surface area contributed by atoms with E-state index in [2.05, 4.69) is 15.4 Å². The van der Waals surface area contributed by atoms with E-state index in [0.29, 0.717) is 11.2 Å². The number of hydrogen-bond donors (Lipinski definition) is 1. The lowest BCUT2D eigenvalue weighted by molar-refractivity contribution is -0.223. The van der Waals surface area contributed by atoms with E-state index >= 15 is 0 Å². The standard InChI is InChI=1S/C22H29FN4O7/c1-12(28)30-10-22(9-23)17-16(31-21(5,6)33-17)15(32-22)13-7-8-14-18(24-11-25-27(13)14)26-19(29)34-20(2,3)4/h7-8,11,15-17H,9-10H2,1-6H3,(H,24,25,26,29)/t15-,16-,17-,22+/m0/s1. The lowest BCUT2D eigenvalue weighted by Gasteiger charge is -2.31. The van der Waals surface area contributed by atoms with Gasteiger partial charge in [0.2, 0.25) is 0 Å². The first-order chi connectivity index (χ1) is 15.8. The van der Waals surface area contributed by atoms with E-state index in [1.165, 1.54) is 17.8 Å². The average Bonchev–Trinajstić information content (AvgIpc) is 3.36. The maximum Gasteiger partial charge on any atom is 0.413 e. The van der Waals surface area contributed by atoms with Crippen LogP contribution in [0.4, 0.5) is 15.0 Å². The predicted octanol–water partition coefficient (Wildman–Crippen LogP) is 2.94. The van der Waals surface area contributed by atoms with E-state index in [9.17, 15) is 14.0 Å². The molecule has 11 nitrogen and oxygen atoms in total. The highest BCUT2D eigenvalue weighted by Crippen LogP contribution is 2.50. The van der Waals surface area contributed by atoms with Crippen LogP contribution in [0, 0.1) is 0 Å². The summed E-state index contributed by atoms with van der Waals surface area (Å²) < 4.78 is 44.6. The third kappa shape index (κ3) is 4.57. The minimum Gasteiger partial charge on any atom is -0.463 e.